The maximum Gasteiger partial charge on any atom is 0.410 e. The van der Waals surface area contributed by atoms with Gasteiger partial charge >= 0.3 is 6.09 Å². The summed E-state index contributed by atoms with van der Waals surface area (Å²) in [6.07, 6.45) is 2.95. The van der Waals surface area contributed by atoms with Crippen LogP contribution in [0.1, 0.15) is 44.1 Å². The van der Waals surface area contributed by atoms with Gasteiger partial charge in [-0.1, -0.05) is 0 Å². The molecule has 0 radical (unpaired) electrons. The van der Waals surface area contributed by atoms with Crippen molar-refractivity contribution in [2.45, 2.75) is 51.9 Å². The van der Waals surface area contributed by atoms with Gasteiger partial charge in [-0.3, -0.25) is 4.79 Å². The minimum Gasteiger partial charge on any atom is -0.489 e. The van der Waals surface area contributed by atoms with E-state index in [2.05, 4.69) is 10.3 Å². The number of rotatable bonds is 2. The summed E-state index contributed by atoms with van der Waals surface area (Å²) in [7, 11) is 0. The lowest BCUT2D eigenvalue weighted by molar-refractivity contribution is 0.0126. The van der Waals surface area contributed by atoms with Crippen molar-refractivity contribution in [1.29, 1.82) is 0 Å². The first-order valence-electron chi connectivity index (χ1n) is 9.72. The zero-order valence-electron chi connectivity index (χ0n) is 16.5. The Morgan fingerprint density at radius 2 is 1.96 bits per heavy atom. The van der Waals surface area contributed by atoms with Crippen LogP contribution >= 0.6 is 0 Å². The molecule has 150 valence electrons. The Hall–Kier alpha value is -2.77. The van der Waals surface area contributed by atoms with E-state index in [-0.39, 0.29) is 18.1 Å². The van der Waals surface area contributed by atoms with Crippen molar-refractivity contribution in [3.05, 3.63) is 24.0 Å². The van der Waals surface area contributed by atoms with Gasteiger partial charge in [-0.2, -0.15) is 0 Å². The Morgan fingerprint density at radius 3 is 2.68 bits per heavy atom. The van der Waals surface area contributed by atoms with E-state index in [1.165, 1.54) is 0 Å². The van der Waals surface area contributed by atoms with Gasteiger partial charge in [0.1, 0.15) is 28.8 Å². The number of piperidine rings is 1. The quantitative estimate of drug-likeness (QED) is 0.857. The van der Waals surface area contributed by atoms with Gasteiger partial charge in [0.15, 0.2) is 0 Å². The lowest BCUT2D eigenvalue weighted by atomic mass is 10.1. The highest BCUT2D eigenvalue weighted by Gasteiger charge is 2.28. The Labute approximate surface area is 163 Å². The molecule has 2 aromatic rings. The zero-order valence-corrected chi connectivity index (χ0v) is 16.5. The molecule has 0 bridgehead atoms. The van der Waals surface area contributed by atoms with Crippen molar-refractivity contribution in [3.63, 3.8) is 0 Å². The van der Waals surface area contributed by atoms with Gasteiger partial charge in [0.2, 0.25) is 0 Å². The van der Waals surface area contributed by atoms with Crippen LogP contribution in [-0.4, -0.2) is 57.8 Å². The van der Waals surface area contributed by atoms with Gasteiger partial charge in [-0.25, -0.2) is 9.78 Å². The van der Waals surface area contributed by atoms with Crippen LogP contribution in [-0.2, 0) is 11.3 Å². The third-order valence-electron chi connectivity index (χ3n) is 4.96. The van der Waals surface area contributed by atoms with Crippen molar-refractivity contribution in [2.24, 2.45) is 0 Å². The van der Waals surface area contributed by atoms with Crippen molar-refractivity contribution in [1.82, 2.24) is 19.8 Å². The second-order valence-corrected chi connectivity index (χ2v) is 8.31. The molecular formula is C20H26N4O4. The number of carbonyl (C=O) groups excluding carboxylic acids is 2. The zero-order chi connectivity index (χ0) is 19.9. The van der Waals surface area contributed by atoms with E-state index in [9.17, 15) is 9.59 Å². The van der Waals surface area contributed by atoms with Gasteiger partial charge in [0.25, 0.3) is 5.91 Å². The molecule has 0 unspecified atom stereocenters. The van der Waals surface area contributed by atoms with Crippen molar-refractivity contribution in [3.8, 4) is 5.75 Å². The predicted octanol–water partition coefficient (Wildman–Crippen LogP) is 2.56. The van der Waals surface area contributed by atoms with Gasteiger partial charge in [0.05, 0.1) is 6.20 Å². The second-order valence-electron chi connectivity index (χ2n) is 8.31. The summed E-state index contributed by atoms with van der Waals surface area (Å²) in [5, 5.41) is 3.74. The standard InChI is InChI=1S/C20H26N4O4/c1-20(2,3)28-19(26)23-7-4-14(5-8-23)27-15-10-13-11-16-18(25)21-6-9-24(16)17(13)22-12-15/h10-12,14H,4-9H2,1-3H3,(H,21,25). The molecule has 2 amide bonds. The first-order chi connectivity index (χ1) is 13.3. The number of pyridine rings is 1. The van der Waals surface area contributed by atoms with Crippen LogP contribution in [0.4, 0.5) is 4.79 Å². The van der Waals surface area contributed by atoms with Gasteiger partial charge in [-0.15, -0.1) is 0 Å². The first-order valence-corrected chi connectivity index (χ1v) is 9.72. The van der Waals surface area contributed by atoms with Gasteiger partial charge in [0, 0.05) is 44.4 Å². The summed E-state index contributed by atoms with van der Waals surface area (Å²) >= 11 is 0. The molecule has 2 aliphatic rings. The average Bonchev–Trinajstić information content (AvgIpc) is 3.00. The van der Waals surface area contributed by atoms with Crippen LogP contribution in [0.3, 0.4) is 0 Å². The van der Waals surface area contributed by atoms with Gasteiger partial charge in [-0.05, 0) is 32.9 Å². The summed E-state index contributed by atoms with van der Waals surface area (Å²) in [6.45, 7) is 8.16. The molecule has 4 heterocycles. The molecule has 1 saturated heterocycles. The average molecular weight is 386 g/mol. The van der Waals surface area contributed by atoms with E-state index in [1.54, 1.807) is 11.1 Å². The molecule has 4 rings (SSSR count). The Morgan fingerprint density at radius 1 is 1.21 bits per heavy atom. The summed E-state index contributed by atoms with van der Waals surface area (Å²) in [4.78, 5) is 30.4. The highest BCUT2D eigenvalue weighted by atomic mass is 16.6. The van der Waals surface area contributed by atoms with Gasteiger partial charge < -0.3 is 24.3 Å². The Bertz CT molecular complexity index is 907. The first kappa shape index (κ1) is 18.6. The SMILES string of the molecule is CC(C)(C)OC(=O)N1CCC(Oc2cnc3c(c2)cc2n3CCNC2=O)CC1. The molecule has 0 atom stereocenters. The molecule has 0 spiro atoms. The number of carbonyl (C=O) groups is 2. The Balaban J connectivity index is 1.40. The number of aromatic nitrogens is 2. The van der Waals surface area contributed by atoms with Crippen LogP contribution < -0.4 is 10.1 Å². The van der Waals surface area contributed by atoms with Crippen LogP contribution in [0.15, 0.2) is 18.3 Å². The summed E-state index contributed by atoms with van der Waals surface area (Å²) in [6, 6.07) is 3.79. The molecule has 2 aromatic heterocycles. The fourth-order valence-corrected chi connectivity index (χ4v) is 3.65. The summed E-state index contributed by atoms with van der Waals surface area (Å²) < 4.78 is 13.5. The smallest absolute Gasteiger partial charge is 0.410 e. The lowest BCUT2D eigenvalue weighted by Gasteiger charge is -2.33. The molecule has 8 heteroatoms. The number of amides is 2. The van der Waals surface area contributed by atoms with Crippen molar-refractivity contribution in [2.75, 3.05) is 19.6 Å². The number of nitrogens with one attached hydrogen (secondary N) is 1. The fourth-order valence-electron chi connectivity index (χ4n) is 3.65. The summed E-state index contributed by atoms with van der Waals surface area (Å²) in [5.41, 5.74) is 0.951. The number of hydrogen-bond acceptors (Lipinski definition) is 5. The molecule has 0 aliphatic carbocycles. The largest absolute Gasteiger partial charge is 0.489 e. The normalized spacial score (nSPS) is 18.0. The number of ether oxygens (including phenoxy) is 2. The monoisotopic (exact) mass is 386 g/mol. The summed E-state index contributed by atoms with van der Waals surface area (Å²) in [5.74, 6) is 0.618. The maximum absolute atomic E-state index is 12.2. The molecule has 2 aliphatic heterocycles. The van der Waals surface area contributed by atoms with Crippen LogP contribution in [0.2, 0.25) is 0 Å². The predicted molar refractivity (Wildman–Crippen MR) is 104 cm³/mol. The molecule has 0 saturated carbocycles. The van der Waals surface area contributed by atoms with E-state index in [4.69, 9.17) is 9.47 Å². The second kappa shape index (κ2) is 7.00. The van der Waals surface area contributed by atoms with E-state index in [1.807, 2.05) is 37.5 Å². The number of hydrogen-bond donors (Lipinski definition) is 1. The molecule has 28 heavy (non-hydrogen) atoms. The van der Waals surface area contributed by atoms with E-state index < -0.39 is 5.60 Å². The van der Waals surface area contributed by atoms with E-state index >= 15 is 0 Å². The number of fused-ring (bicyclic) bond motifs is 3. The fraction of sp³-hybridized carbons (Fsp3) is 0.550. The van der Waals surface area contributed by atoms with Crippen LogP contribution in [0.5, 0.6) is 5.75 Å². The van der Waals surface area contributed by atoms with Crippen molar-refractivity contribution < 1.29 is 19.1 Å². The van der Waals surface area contributed by atoms with Crippen molar-refractivity contribution >= 4 is 23.0 Å². The lowest BCUT2D eigenvalue weighted by Crippen LogP contribution is -2.44. The number of likely N-dealkylation sites (tertiary alicyclic amines) is 1. The third kappa shape index (κ3) is 3.76. The minimum absolute atomic E-state index is 0.0264. The van der Waals surface area contributed by atoms with Crippen LogP contribution in [0, 0.1) is 0 Å². The molecule has 1 fully saturated rings. The van der Waals surface area contributed by atoms with E-state index in [0.717, 1.165) is 30.4 Å². The Kier molecular flexibility index (Phi) is 4.64. The highest BCUT2D eigenvalue weighted by Crippen LogP contribution is 2.26. The highest BCUT2D eigenvalue weighted by molar-refractivity contribution is 5.98. The van der Waals surface area contributed by atoms with Crippen LogP contribution in [0.25, 0.3) is 11.0 Å². The molecule has 0 aromatic carbocycles. The van der Waals surface area contributed by atoms with E-state index in [0.29, 0.717) is 31.1 Å². The molecule has 8 nitrogen and oxygen atoms in total. The topological polar surface area (TPSA) is 85.7 Å². The third-order valence-corrected chi connectivity index (χ3v) is 4.96. The maximum atomic E-state index is 12.2. The minimum atomic E-state index is -0.487. The number of nitrogens with zero attached hydrogens (tertiary/aromatic N) is 3. The molecular weight excluding hydrogens is 360 g/mol. The molecule has 1 N–H and O–H groups in total.